The quantitative estimate of drug-likeness (QED) is 0.529. The van der Waals surface area contributed by atoms with Gasteiger partial charge in [-0.05, 0) is 63.1 Å². The van der Waals surface area contributed by atoms with E-state index < -0.39 is 11.5 Å². The summed E-state index contributed by atoms with van der Waals surface area (Å²) < 4.78 is 6.13. The highest BCUT2D eigenvalue weighted by molar-refractivity contribution is 6.37. The predicted molar refractivity (Wildman–Crippen MR) is 137 cm³/mol. The van der Waals surface area contributed by atoms with Gasteiger partial charge in [-0.1, -0.05) is 41.9 Å². The molecule has 3 atom stereocenters. The Labute approximate surface area is 209 Å². The molecule has 2 aliphatic rings. The minimum atomic E-state index is -1.09. The summed E-state index contributed by atoms with van der Waals surface area (Å²) in [5.74, 6) is 0.694. The number of carbonyl (C=O) groups is 2. The van der Waals surface area contributed by atoms with Crippen molar-refractivity contribution in [3.63, 3.8) is 0 Å². The number of rotatable bonds is 6. The van der Waals surface area contributed by atoms with Crippen LogP contribution in [-0.2, 0) is 4.79 Å². The maximum Gasteiger partial charge on any atom is 0.263 e. The Morgan fingerprint density at radius 1 is 1.09 bits per heavy atom. The number of ether oxygens (including phenoxy) is 1. The first kappa shape index (κ1) is 23.4. The van der Waals surface area contributed by atoms with Gasteiger partial charge in [-0.3, -0.25) is 9.59 Å². The lowest BCUT2D eigenvalue weighted by molar-refractivity contribution is -0.135. The van der Waals surface area contributed by atoms with Crippen molar-refractivity contribution in [3.05, 3.63) is 65.3 Å². The molecule has 2 fully saturated rings. The Hall–Kier alpha value is -3.32. The van der Waals surface area contributed by atoms with E-state index in [0.717, 1.165) is 42.3 Å². The molecule has 2 aliphatic heterocycles. The number of piperidine rings is 1. The molecule has 2 amide bonds. The molecule has 0 spiro atoms. The Kier molecular flexibility index (Phi) is 6.05. The van der Waals surface area contributed by atoms with Crippen molar-refractivity contribution < 1.29 is 14.3 Å². The molecule has 35 heavy (non-hydrogen) atoms. The van der Waals surface area contributed by atoms with Gasteiger partial charge >= 0.3 is 0 Å². The van der Waals surface area contributed by atoms with Crippen molar-refractivity contribution >= 4 is 40.0 Å². The Morgan fingerprint density at radius 2 is 1.80 bits per heavy atom. The maximum atomic E-state index is 13.2. The number of hydrogen-bond donors (Lipinski definition) is 2. The number of nitrogens with two attached hydrogens (primary N) is 1. The second-order valence-corrected chi connectivity index (χ2v) is 10.3. The van der Waals surface area contributed by atoms with E-state index in [0.29, 0.717) is 16.3 Å². The second kappa shape index (κ2) is 9.04. The van der Waals surface area contributed by atoms with Crippen LogP contribution in [-0.4, -0.2) is 40.5 Å². The molecule has 2 bridgehead atoms. The summed E-state index contributed by atoms with van der Waals surface area (Å²) in [7, 11) is 0. The van der Waals surface area contributed by atoms with Crippen molar-refractivity contribution in [1.29, 1.82) is 0 Å². The molecule has 8 heteroatoms. The van der Waals surface area contributed by atoms with Crippen LogP contribution < -0.4 is 20.7 Å². The minimum absolute atomic E-state index is 0.0519. The van der Waals surface area contributed by atoms with E-state index >= 15 is 0 Å². The monoisotopic (exact) mass is 492 g/mol. The van der Waals surface area contributed by atoms with Crippen LogP contribution in [0.3, 0.4) is 0 Å². The lowest BCUT2D eigenvalue weighted by Crippen LogP contribution is -2.55. The zero-order chi connectivity index (χ0) is 24.7. The highest BCUT2D eigenvalue weighted by Gasteiger charge is 2.43. The van der Waals surface area contributed by atoms with E-state index in [1.54, 1.807) is 19.9 Å². The molecule has 3 N–H and O–H groups in total. The first-order valence-corrected chi connectivity index (χ1v) is 12.3. The lowest BCUT2D eigenvalue weighted by atomic mass is 9.96. The summed E-state index contributed by atoms with van der Waals surface area (Å²) in [6.07, 6.45) is 5.27. The number of fused-ring (bicyclic) bond motifs is 3. The zero-order valence-electron chi connectivity index (χ0n) is 19.8. The Balaban J connectivity index is 1.25. The SMILES string of the molecule is CC(C)(Oc1ccc2ccccc2c1Cl)C(=O)NC1C[C@H]2CC[C@@H](C1)N2c1ccc(C(N)=O)cn1. The first-order valence-electron chi connectivity index (χ1n) is 11.9. The average Bonchev–Trinajstić information content (AvgIpc) is 3.11. The summed E-state index contributed by atoms with van der Waals surface area (Å²) in [5, 5.41) is 5.64. The molecule has 0 aliphatic carbocycles. The van der Waals surface area contributed by atoms with Crippen molar-refractivity contribution in [3.8, 4) is 5.75 Å². The van der Waals surface area contributed by atoms with Crippen LogP contribution in [0, 0.1) is 0 Å². The van der Waals surface area contributed by atoms with Crippen LogP contribution in [0.2, 0.25) is 5.02 Å². The third-order valence-corrected chi connectivity index (χ3v) is 7.49. The normalized spacial score (nSPS) is 21.7. The van der Waals surface area contributed by atoms with Crippen molar-refractivity contribution in [2.45, 2.75) is 63.3 Å². The van der Waals surface area contributed by atoms with Gasteiger partial charge in [0.15, 0.2) is 5.60 Å². The molecule has 182 valence electrons. The van der Waals surface area contributed by atoms with Gasteiger partial charge in [0.05, 0.1) is 10.6 Å². The standard InChI is InChI=1S/C27H29ClN4O3/c1-27(2,35-22-11-7-16-5-3-4-6-21(16)24(22)28)26(34)31-18-13-19-9-10-20(14-18)32(19)23-12-8-17(15-30-23)25(29)33/h3-8,11-12,15,18-20H,9-10,13-14H2,1-2H3,(H2,29,33)(H,31,34)/t18?,19-,20+. The van der Waals surface area contributed by atoms with Gasteiger partial charge in [0, 0.05) is 29.7 Å². The predicted octanol–water partition coefficient (Wildman–Crippen LogP) is 4.46. The zero-order valence-corrected chi connectivity index (χ0v) is 20.6. The molecular formula is C27H29ClN4O3. The molecule has 1 unspecified atom stereocenters. The van der Waals surface area contributed by atoms with E-state index in [1.807, 2.05) is 42.5 Å². The average molecular weight is 493 g/mol. The van der Waals surface area contributed by atoms with Crippen LogP contribution >= 0.6 is 11.6 Å². The van der Waals surface area contributed by atoms with Gasteiger partial charge in [-0.15, -0.1) is 0 Å². The van der Waals surface area contributed by atoms with Gasteiger partial charge < -0.3 is 20.7 Å². The number of halogens is 1. The van der Waals surface area contributed by atoms with E-state index in [2.05, 4.69) is 15.2 Å². The summed E-state index contributed by atoms with van der Waals surface area (Å²) in [5.41, 5.74) is 4.65. The number of primary amides is 1. The molecule has 3 aromatic rings. The maximum absolute atomic E-state index is 13.2. The highest BCUT2D eigenvalue weighted by Crippen LogP contribution is 2.39. The number of benzene rings is 2. The van der Waals surface area contributed by atoms with Crippen molar-refractivity contribution in [2.24, 2.45) is 5.73 Å². The van der Waals surface area contributed by atoms with Gasteiger partial charge in [-0.2, -0.15) is 0 Å². The van der Waals surface area contributed by atoms with Gasteiger partial charge in [-0.25, -0.2) is 4.98 Å². The van der Waals surface area contributed by atoms with Crippen molar-refractivity contribution in [1.82, 2.24) is 10.3 Å². The van der Waals surface area contributed by atoms with Gasteiger partial charge in [0.25, 0.3) is 5.91 Å². The summed E-state index contributed by atoms with van der Waals surface area (Å²) in [4.78, 5) is 31.4. The number of pyridine rings is 1. The molecule has 3 heterocycles. The fraction of sp³-hybridized carbons (Fsp3) is 0.370. The highest BCUT2D eigenvalue weighted by atomic mass is 35.5. The van der Waals surface area contributed by atoms with Crippen LogP contribution in [0.1, 0.15) is 49.9 Å². The van der Waals surface area contributed by atoms with E-state index in [1.165, 1.54) is 6.20 Å². The van der Waals surface area contributed by atoms with Crippen LogP contribution in [0.5, 0.6) is 5.75 Å². The largest absolute Gasteiger partial charge is 0.476 e. The van der Waals surface area contributed by atoms with Crippen LogP contribution in [0.15, 0.2) is 54.7 Å². The molecule has 0 saturated carbocycles. The van der Waals surface area contributed by atoms with Crippen LogP contribution in [0.4, 0.5) is 5.82 Å². The molecule has 0 radical (unpaired) electrons. The smallest absolute Gasteiger partial charge is 0.263 e. The topological polar surface area (TPSA) is 97.5 Å². The fourth-order valence-corrected chi connectivity index (χ4v) is 5.60. The summed E-state index contributed by atoms with van der Waals surface area (Å²) >= 11 is 6.60. The summed E-state index contributed by atoms with van der Waals surface area (Å²) in [6, 6.07) is 15.8. The van der Waals surface area contributed by atoms with E-state index in [9.17, 15) is 9.59 Å². The Bertz CT molecular complexity index is 1260. The first-order chi connectivity index (χ1) is 16.7. The number of nitrogens with zero attached hydrogens (tertiary/aromatic N) is 2. The number of anilines is 1. The molecule has 7 nitrogen and oxygen atoms in total. The van der Waals surface area contributed by atoms with E-state index in [4.69, 9.17) is 22.1 Å². The number of nitrogens with one attached hydrogen (secondary N) is 1. The number of hydrogen-bond acceptors (Lipinski definition) is 5. The fourth-order valence-electron chi connectivity index (χ4n) is 5.33. The minimum Gasteiger partial charge on any atom is -0.476 e. The summed E-state index contributed by atoms with van der Waals surface area (Å²) in [6.45, 7) is 3.53. The molecule has 2 saturated heterocycles. The number of carbonyl (C=O) groups excluding carboxylic acids is 2. The van der Waals surface area contributed by atoms with Crippen LogP contribution in [0.25, 0.3) is 10.8 Å². The molecule has 1 aromatic heterocycles. The molecule has 2 aromatic carbocycles. The Morgan fingerprint density at radius 3 is 2.46 bits per heavy atom. The van der Waals surface area contributed by atoms with E-state index in [-0.39, 0.29) is 24.0 Å². The molecular weight excluding hydrogens is 464 g/mol. The van der Waals surface area contributed by atoms with Gasteiger partial charge in [0.1, 0.15) is 11.6 Å². The second-order valence-electron chi connectivity index (χ2n) is 9.91. The molecule has 5 rings (SSSR count). The van der Waals surface area contributed by atoms with Gasteiger partial charge in [0.2, 0.25) is 5.91 Å². The number of amides is 2. The lowest BCUT2D eigenvalue weighted by Gasteiger charge is -2.40. The third-order valence-electron chi connectivity index (χ3n) is 7.11. The van der Waals surface area contributed by atoms with Crippen molar-refractivity contribution in [2.75, 3.05) is 4.90 Å². The third kappa shape index (κ3) is 4.52. The number of aromatic nitrogens is 1.